The van der Waals surface area contributed by atoms with Crippen molar-refractivity contribution in [2.24, 2.45) is 0 Å². The van der Waals surface area contributed by atoms with Gasteiger partial charge in [-0.3, -0.25) is 4.79 Å². The molecule has 0 saturated carbocycles. The number of carbonyl (C=O) groups excluding carboxylic acids is 1. The fraction of sp³-hybridized carbons (Fsp3) is 0.294. The summed E-state index contributed by atoms with van der Waals surface area (Å²) in [5, 5.41) is 10.5. The Labute approximate surface area is 155 Å². The second-order valence-electron chi connectivity index (χ2n) is 4.67. The Kier molecular flexibility index (Phi) is 7.10. The third-order valence-electron chi connectivity index (χ3n) is 3.15. The molecule has 0 bridgehead atoms. The Morgan fingerprint density at radius 2 is 2.00 bits per heavy atom. The molecule has 0 radical (unpaired) electrons. The van der Waals surface area contributed by atoms with E-state index in [-0.39, 0.29) is 11.7 Å². The molecular weight excluding hydrogens is 358 g/mol. The third kappa shape index (κ3) is 4.87. The fourth-order valence-electron chi connectivity index (χ4n) is 2.02. The minimum atomic E-state index is -0.322. The van der Waals surface area contributed by atoms with Gasteiger partial charge in [0.25, 0.3) is 0 Å². The Hall–Kier alpha value is -2.24. The molecule has 0 atom stereocenters. The topological polar surface area (TPSA) is 85.1 Å². The first-order valence-electron chi connectivity index (χ1n) is 7.41. The molecule has 0 fully saturated rings. The van der Waals surface area contributed by atoms with E-state index in [1.807, 2.05) is 30.5 Å². The van der Waals surface area contributed by atoms with Crippen LogP contribution in [0.5, 0.6) is 5.75 Å². The molecule has 1 aromatic heterocycles. The highest BCUT2D eigenvalue weighted by molar-refractivity contribution is 8.00. The Morgan fingerprint density at radius 3 is 2.56 bits per heavy atom. The van der Waals surface area contributed by atoms with Gasteiger partial charge in [-0.15, -0.1) is 11.8 Å². The quantitative estimate of drug-likeness (QED) is 0.315. The maximum absolute atomic E-state index is 11.5. The van der Waals surface area contributed by atoms with Crippen molar-refractivity contribution in [1.82, 2.24) is 9.97 Å². The molecule has 6 nitrogen and oxygen atoms in total. The van der Waals surface area contributed by atoms with Crippen LogP contribution in [0.4, 0.5) is 0 Å². The van der Waals surface area contributed by atoms with E-state index in [1.54, 1.807) is 14.0 Å². The maximum atomic E-state index is 11.5. The van der Waals surface area contributed by atoms with E-state index in [0.717, 1.165) is 11.3 Å². The van der Waals surface area contributed by atoms with Gasteiger partial charge in [-0.2, -0.15) is 5.26 Å². The summed E-state index contributed by atoms with van der Waals surface area (Å²) >= 11 is 2.56. The Balaban J connectivity index is 2.40. The van der Waals surface area contributed by atoms with Crippen LogP contribution in [-0.4, -0.2) is 41.7 Å². The molecule has 25 heavy (non-hydrogen) atoms. The summed E-state index contributed by atoms with van der Waals surface area (Å²) in [6.07, 6.45) is 1.85. The molecule has 1 heterocycles. The number of carbonyl (C=O) groups is 1. The Morgan fingerprint density at radius 1 is 1.28 bits per heavy atom. The van der Waals surface area contributed by atoms with E-state index < -0.39 is 0 Å². The highest BCUT2D eigenvalue weighted by atomic mass is 32.2. The SMILES string of the molecule is CCOC(=O)CSc1nc(SC)c(C#N)c(-c2ccc(OC)cc2)n1. The highest BCUT2D eigenvalue weighted by Crippen LogP contribution is 2.31. The largest absolute Gasteiger partial charge is 0.497 e. The molecule has 2 rings (SSSR count). The van der Waals surface area contributed by atoms with Gasteiger partial charge in [0.05, 0.1) is 25.2 Å². The van der Waals surface area contributed by atoms with Gasteiger partial charge >= 0.3 is 5.97 Å². The van der Waals surface area contributed by atoms with Crippen molar-refractivity contribution in [3.05, 3.63) is 29.8 Å². The highest BCUT2D eigenvalue weighted by Gasteiger charge is 2.17. The number of benzene rings is 1. The minimum absolute atomic E-state index is 0.121. The van der Waals surface area contributed by atoms with Crippen molar-refractivity contribution in [1.29, 1.82) is 5.26 Å². The molecule has 1 aromatic carbocycles. The van der Waals surface area contributed by atoms with Gasteiger partial charge < -0.3 is 9.47 Å². The molecule has 8 heteroatoms. The normalized spacial score (nSPS) is 10.2. The van der Waals surface area contributed by atoms with Crippen molar-refractivity contribution < 1.29 is 14.3 Å². The first-order chi connectivity index (χ1) is 12.1. The summed E-state index contributed by atoms with van der Waals surface area (Å²) in [4.78, 5) is 20.4. The molecule has 0 N–H and O–H groups in total. The molecule has 0 amide bonds. The van der Waals surface area contributed by atoms with Crippen molar-refractivity contribution in [3.8, 4) is 23.1 Å². The fourth-order valence-corrected chi connectivity index (χ4v) is 3.24. The van der Waals surface area contributed by atoms with Gasteiger partial charge in [0, 0.05) is 5.56 Å². The van der Waals surface area contributed by atoms with Gasteiger partial charge in [-0.05, 0) is 37.4 Å². The van der Waals surface area contributed by atoms with Gasteiger partial charge in [0.1, 0.15) is 22.4 Å². The summed E-state index contributed by atoms with van der Waals surface area (Å²) in [5.41, 5.74) is 1.74. The van der Waals surface area contributed by atoms with Crippen molar-refractivity contribution >= 4 is 29.5 Å². The van der Waals surface area contributed by atoms with Crippen LogP contribution in [0.2, 0.25) is 0 Å². The van der Waals surface area contributed by atoms with Crippen LogP contribution in [0.15, 0.2) is 34.4 Å². The molecule has 0 aliphatic heterocycles. The number of methoxy groups -OCH3 is 1. The summed E-state index contributed by atoms with van der Waals surface area (Å²) in [6.45, 7) is 2.09. The van der Waals surface area contributed by atoms with Gasteiger partial charge in [-0.1, -0.05) is 11.8 Å². The van der Waals surface area contributed by atoms with Gasteiger partial charge in [0.15, 0.2) is 5.16 Å². The number of hydrogen-bond acceptors (Lipinski definition) is 8. The molecule has 130 valence electrons. The molecule has 0 aliphatic carbocycles. The molecular formula is C17H17N3O3S2. The molecule has 0 saturated heterocycles. The second kappa shape index (κ2) is 9.30. The maximum Gasteiger partial charge on any atom is 0.316 e. The summed E-state index contributed by atoms with van der Waals surface area (Å²) in [6, 6.07) is 9.47. The van der Waals surface area contributed by atoms with Crippen molar-refractivity contribution in [2.75, 3.05) is 25.7 Å². The van der Waals surface area contributed by atoms with Gasteiger partial charge in [-0.25, -0.2) is 9.97 Å². The first kappa shape index (κ1) is 19.1. The van der Waals surface area contributed by atoms with E-state index in [2.05, 4.69) is 16.0 Å². The number of hydrogen-bond donors (Lipinski definition) is 0. The number of aromatic nitrogens is 2. The van der Waals surface area contributed by atoms with E-state index in [9.17, 15) is 10.1 Å². The number of nitrogens with zero attached hydrogens (tertiary/aromatic N) is 3. The zero-order valence-electron chi connectivity index (χ0n) is 14.1. The summed E-state index contributed by atoms with van der Waals surface area (Å²) in [7, 11) is 1.59. The molecule has 0 unspecified atom stereocenters. The zero-order valence-corrected chi connectivity index (χ0v) is 15.7. The van der Waals surface area contributed by atoms with Crippen LogP contribution in [-0.2, 0) is 9.53 Å². The number of ether oxygens (including phenoxy) is 2. The lowest BCUT2D eigenvalue weighted by Crippen LogP contribution is -2.07. The zero-order chi connectivity index (χ0) is 18.2. The molecule has 0 aliphatic rings. The van der Waals surface area contributed by atoms with E-state index >= 15 is 0 Å². The summed E-state index contributed by atoms with van der Waals surface area (Å²) in [5.74, 6) is 0.519. The van der Waals surface area contributed by atoms with Crippen LogP contribution >= 0.6 is 23.5 Å². The van der Waals surface area contributed by atoms with E-state index in [4.69, 9.17) is 9.47 Å². The van der Waals surface area contributed by atoms with Crippen LogP contribution in [0.1, 0.15) is 12.5 Å². The smallest absolute Gasteiger partial charge is 0.316 e. The van der Waals surface area contributed by atoms with E-state index in [0.29, 0.717) is 28.0 Å². The minimum Gasteiger partial charge on any atom is -0.497 e. The number of rotatable bonds is 7. The second-order valence-corrected chi connectivity index (χ2v) is 6.41. The predicted octanol–water partition coefficient (Wildman–Crippen LogP) is 3.40. The lowest BCUT2D eigenvalue weighted by molar-refractivity contribution is -0.139. The molecule has 2 aromatic rings. The number of esters is 1. The predicted molar refractivity (Wildman–Crippen MR) is 97.9 cm³/mol. The van der Waals surface area contributed by atoms with Crippen LogP contribution in [0, 0.1) is 11.3 Å². The number of thioether (sulfide) groups is 2. The standard InChI is InChI=1S/C17H17N3O3S2/c1-4-23-14(21)10-25-17-19-15(13(9-18)16(20-17)24-3)11-5-7-12(22-2)8-6-11/h5-8H,4,10H2,1-3H3. The number of nitriles is 1. The van der Waals surface area contributed by atoms with Gasteiger partial charge in [0.2, 0.25) is 0 Å². The summed E-state index contributed by atoms with van der Waals surface area (Å²) < 4.78 is 10.1. The first-order valence-corrected chi connectivity index (χ1v) is 9.62. The van der Waals surface area contributed by atoms with Crippen LogP contribution in [0.3, 0.4) is 0 Å². The van der Waals surface area contributed by atoms with Crippen molar-refractivity contribution in [3.63, 3.8) is 0 Å². The monoisotopic (exact) mass is 375 g/mol. The Bertz CT molecular complexity index is 789. The van der Waals surface area contributed by atoms with Crippen LogP contribution in [0.25, 0.3) is 11.3 Å². The van der Waals surface area contributed by atoms with E-state index in [1.165, 1.54) is 23.5 Å². The lowest BCUT2D eigenvalue weighted by Gasteiger charge is -2.10. The van der Waals surface area contributed by atoms with Crippen LogP contribution < -0.4 is 4.74 Å². The third-order valence-corrected chi connectivity index (χ3v) is 4.65. The van der Waals surface area contributed by atoms with Crippen molar-refractivity contribution in [2.45, 2.75) is 17.1 Å². The lowest BCUT2D eigenvalue weighted by atomic mass is 10.1. The molecule has 0 spiro atoms. The average molecular weight is 375 g/mol. The average Bonchev–Trinajstić information content (AvgIpc) is 2.65.